The molecule has 0 bridgehead atoms. The van der Waals surface area contributed by atoms with E-state index in [2.05, 4.69) is 10.1 Å². The molecule has 1 aromatic rings. The van der Waals surface area contributed by atoms with E-state index in [1.165, 1.54) is 48.5 Å². The Kier molecular flexibility index (Phi) is 4.81. The lowest BCUT2D eigenvalue weighted by Crippen LogP contribution is -2.36. The molecule has 2 rings (SSSR count). The number of hydrogen-bond acceptors (Lipinski definition) is 5. The van der Waals surface area contributed by atoms with Gasteiger partial charge in [-0.1, -0.05) is 31.0 Å². The number of nitrogens with two attached hydrogens (primary N) is 1. The summed E-state index contributed by atoms with van der Waals surface area (Å²) in [6.07, 6.45) is 6.22. The summed E-state index contributed by atoms with van der Waals surface area (Å²) in [4.78, 5) is 26.1. The maximum atomic E-state index is 11.2. The van der Waals surface area contributed by atoms with Crippen molar-refractivity contribution in [3.8, 4) is 0 Å². The first-order valence-electron chi connectivity index (χ1n) is 6.63. The summed E-state index contributed by atoms with van der Waals surface area (Å²) in [5.41, 5.74) is 4.77. The molecule has 1 aliphatic carbocycles. The fourth-order valence-corrected chi connectivity index (χ4v) is 3.46. The van der Waals surface area contributed by atoms with Gasteiger partial charge in [0.15, 0.2) is 5.16 Å². The van der Waals surface area contributed by atoms with Gasteiger partial charge in [-0.15, -0.1) is 0 Å². The molecule has 1 atom stereocenters. The van der Waals surface area contributed by atoms with E-state index in [-0.39, 0.29) is 6.04 Å². The summed E-state index contributed by atoms with van der Waals surface area (Å²) in [6.45, 7) is 0. The van der Waals surface area contributed by atoms with E-state index in [0.29, 0.717) is 11.1 Å². The molecule has 0 spiro atoms. The first-order chi connectivity index (χ1) is 9.08. The Hall–Kier alpha value is -1.08. The molecule has 1 saturated carbocycles. The van der Waals surface area contributed by atoms with Gasteiger partial charge in [-0.2, -0.15) is 4.98 Å². The van der Waals surface area contributed by atoms with E-state index < -0.39 is 11.1 Å². The summed E-state index contributed by atoms with van der Waals surface area (Å²) in [5.74, 6) is 1.29. The largest absolute Gasteiger partial charge is 0.339 e. The Bertz CT molecular complexity index is 533. The third-order valence-electron chi connectivity index (χ3n) is 3.61. The van der Waals surface area contributed by atoms with Crippen molar-refractivity contribution in [2.45, 2.75) is 43.3 Å². The van der Waals surface area contributed by atoms with Gasteiger partial charge >= 0.3 is 11.1 Å². The Morgan fingerprint density at radius 2 is 2.11 bits per heavy atom. The van der Waals surface area contributed by atoms with E-state index in [0.717, 1.165) is 5.75 Å². The van der Waals surface area contributed by atoms with Gasteiger partial charge in [-0.05, 0) is 18.8 Å². The maximum Gasteiger partial charge on any atom is 0.339 e. The second-order valence-electron chi connectivity index (χ2n) is 5.07. The molecule has 0 aliphatic heterocycles. The van der Waals surface area contributed by atoms with Gasteiger partial charge < -0.3 is 5.73 Å². The molecule has 1 fully saturated rings. The summed E-state index contributed by atoms with van der Waals surface area (Å²) < 4.78 is 1.47. The summed E-state index contributed by atoms with van der Waals surface area (Å²) in [7, 11) is 1.67. The predicted octanol–water partition coefficient (Wildman–Crippen LogP) is 0.468. The van der Waals surface area contributed by atoms with Gasteiger partial charge in [0.05, 0.1) is 0 Å². The summed E-state index contributed by atoms with van der Waals surface area (Å²) >= 11 is 1.43. The molecule has 1 unspecified atom stereocenters. The van der Waals surface area contributed by atoms with Crippen LogP contribution < -0.4 is 16.9 Å². The predicted molar refractivity (Wildman–Crippen MR) is 75.4 cm³/mol. The van der Waals surface area contributed by atoms with Crippen LogP contribution in [0, 0.1) is 5.92 Å². The van der Waals surface area contributed by atoms with Crippen LogP contribution in [-0.2, 0) is 7.05 Å². The highest BCUT2D eigenvalue weighted by Gasteiger charge is 2.21. The first kappa shape index (κ1) is 14.3. The molecule has 1 aliphatic rings. The number of thioether (sulfide) groups is 1. The Morgan fingerprint density at radius 3 is 2.79 bits per heavy atom. The maximum absolute atomic E-state index is 11.2. The zero-order valence-electron chi connectivity index (χ0n) is 11.1. The van der Waals surface area contributed by atoms with Crippen LogP contribution in [0.3, 0.4) is 0 Å². The molecule has 0 amide bonds. The van der Waals surface area contributed by atoms with Crippen molar-refractivity contribution < 1.29 is 0 Å². The number of aromatic amines is 1. The van der Waals surface area contributed by atoms with Gasteiger partial charge in [0.1, 0.15) is 0 Å². The molecular formula is C12H20N4O2S. The van der Waals surface area contributed by atoms with E-state index in [1.807, 2.05) is 0 Å². The fourth-order valence-electron chi connectivity index (χ4n) is 2.46. The van der Waals surface area contributed by atoms with E-state index in [9.17, 15) is 9.59 Å². The van der Waals surface area contributed by atoms with Crippen LogP contribution in [0.4, 0.5) is 0 Å². The van der Waals surface area contributed by atoms with Gasteiger partial charge in [0.25, 0.3) is 0 Å². The van der Waals surface area contributed by atoms with E-state index in [1.54, 1.807) is 7.05 Å². The number of rotatable bonds is 4. The zero-order chi connectivity index (χ0) is 13.8. The zero-order valence-corrected chi connectivity index (χ0v) is 11.9. The molecule has 6 nitrogen and oxygen atoms in total. The van der Waals surface area contributed by atoms with Crippen LogP contribution in [-0.4, -0.2) is 26.6 Å². The number of hydrogen-bond donors (Lipinski definition) is 2. The Labute approximate surface area is 115 Å². The minimum Gasteiger partial charge on any atom is -0.327 e. The second-order valence-corrected chi connectivity index (χ2v) is 6.06. The molecular weight excluding hydrogens is 264 g/mol. The van der Waals surface area contributed by atoms with Crippen LogP contribution in [0.25, 0.3) is 0 Å². The van der Waals surface area contributed by atoms with Crippen LogP contribution in [0.5, 0.6) is 0 Å². The highest BCUT2D eigenvalue weighted by atomic mass is 32.2. The standard InChI is InChI=1S/C12H20N4O2S/c1-16-12(14-10(17)11(18)15-16)19-7-9(13)8-5-3-2-4-6-8/h8-9H,2-7,13H2,1H3,(H,15,18). The summed E-state index contributed by atoms with van der Waals surface area (Å²) in [5, 5.41) is 2.94. The molecule has 3 N–H and O–H groups in total. The molecule has 1 aromatic heterocycles. The SMILES string of the molecule is Cn1[nH]c(=O)c(=O)nc1SCC(N)C1CCCCC1. The van der Waals surface area contributed by atoms with Gasteiger partial charge in [0.2, 0.25) is 0 Å². The topological polar surface area (TPSA) is 93.8 Å². The molecule has 19 heavy (non-hydrogen) atoms. The number of nitrogens with one attached hydrogen (secondary N) is 1. The van der Waals surface area contributed by atoms with Crippen LogP contribution in [0.2, 0.25) is 0 Å². The van der Waals surface area contributed by atoms with Crippen molar-refractivity contribution in [2.75, 3.05) is 5.75 Å². The first-order valence-corrected chi connectivity index (χ1v) is 7.62. The third kappa shape index (κ3) is 3.70. The molecule has 1 heterocycles. The third-order valence-corrected chi connectivity index (χ3v) is 4.78. The molecule has 106 valence electrons. The van der Waals surface area contributed by atoms with E-state index in [4.69, 9.17) is 5.73 Å². The smallest absolute Gasteiger partial charge is 0.327 e. The van der Waals surface area contributed by atoms with Crippen molar-refractivity contribution in [1.82, 2.24) is 14.8 Å². The van der Waals surface area contributed by atoms with Crippen molar-refractivity contribution in [3.05, 3.63) is 20.7 Å². The molecule has 0 saturated heterocycles. The van der Waals surface area contributed by atoms with Crippen LogP contribution >= 0.6 is 11.8 Å². The molecule has 0 aromatic carbocycles. The van der Waals surface area contributed by atoms with Gasteiger partial charge in [-0.3, -0.25) is 19.4 Å². The van der Waals surface area contributed by atoms with Crippen molar-refractivity contribution in [2.24, 2.45) is 18.7 Å². The normalized spacial score (nSPS) is 18.4. The Morgan fingerprint density at radius 1 is 1.42 bits per heavy atom. The lowest BCUT2D eigenvalue weighted by atomic mass is 9.85. The van der Waals surface area contributed by atoms with Crippen LogP contribution in [0.15, 0.2) is 14.7 Å². The van der Waals surface area contributed by atoms with Crippen molar-refractivity contribution >= 4 is 11.8 Å². The lowest BCUT2D eigenvalue weighted by molar-refractivity contribution is 0.319. The average Bonchev–Trinajstić information content (AvgIpc) is 2.42. The quantitative estimate of drug-likeness (QED) is 0.619. The lowest BCUT2D eigenvalue weighted by Gasteiger charge is -2.27. The highest BCUT2D eigenvalue weighted by Crippen LogP contribution is 2.27. The van der Waals surface area contributed by atoms with Gasteiger partial charge in [0, 0.05) is 18.8 Å². The minimum atomic E-state index is -0.744. The molecule has 7 heteroatoms. The Balaban J connectivity index is 1.96. The van der Waals surface area contributed by atoms with Crippen LogP contribution in [0.1, 0.15) is 32.1 Å². The fraction of sp³-hybridized carbons (Fsp3) is 0.750. The number of aryl methyl sites for hydroxylation is 1. The summed E-state index contributed by atoms with van der Waals surface area (Å²) in [6, 6.07) is 0.120. The van der Waals surface area contributed by atoms with E-state index >= 15 is 0 Å². The number of nitrogens with zero attached hydrogens (tertiary/aromatic N) is 2. The van der Waals surface area contributed by atoms with Gasteiger partial charge in [-0.25, -0.2) is 0 Å². The number of H-pyrrole nitrogens is 1. The number of aromatic nitrogens is 3. The second kappa shape index (κ2) is 6.38. The minimum absolute atomic E-state index is 0.120. The van der Waals surface area contributed by atoms with Crippen molar-refractivity contribution in [3.63, 3.8) is 0 Å². The molecule has 0 radical (unpaired) electrons. The monoisotopic (exact) mass is 284 g/mol. The average molecular weight is 284 g/mol. The highest BCUT2D eigenvalue weighted by molar-refractivity contribution is 7.99. The van der Waals surface area contributed by atoms with Crippen molar-refractivity contribution in [1.29, 1.82) is 0 Å².